The lowest BCUT2D eigenvalue weighted by Gasteiger charge is -2.20. The Hall–Kier alpha value is -2.82. The molecule has 0 saturated carbocycles. The molecule has 0 fully saturated rings. The molecular weight excluding hydrogens is 441 g/mol. The van der Waals surface area contributed by atoms with Gasteiger partial charge in [0.1, 0.15) is 12.2 Å². The number of carbonyl (C=O) groups is 2. The van der Waals surface area contributed by atoms with Crippen LogP contribution < -0.4 is 4.18 Å². The summed E-state index contributed by atoms with van der Waals surface area (Å²) >= 11 is 0. The summed E-state index contributed by atoms with van der Waals surface area (Å²) in [6.45, 7) is 6.68. The first kappa shape index (κ1) is 24.4. The van der Waals surface area contributed by atoms with E-state index in [9.17, 15) is 31.2 Å². The molecule has 1 aliphatic rings. The standard InChI is InChI=1S/C20H21F3O7S/c1-4-5-13-12(3)15-10-29-19(26)17(15)18(30-31(27,28)20(21,22)23)14(13)8-6-11(2)7-9-16(24)25/h4,6H,1,5,7-10H2,2-3H3,(H,24,25)/b11-6+. The third-order valence-corrected chi connectivity index (χ3v) is 5.79. The molecular formula is C20H21F3O7S. The van der Waals surface area contributed by atoms with Crippen LogP contribution in [0.5, 0.6) is 5.75 Å². The van der Waals surface area contributed by atoms with Crippen molar-refractivity contribution in [2.45, 2.75) is 51.6 Å². The Bertz CT molecular complexity index is 1050. The minimum absolute atomic E-state index is 0.0671. The molecule has 1 heterocycles. The van der Waals surface area contributed by atoms with E-state index < -0.39 is 33.3 Å². The predicted molar refractivity (Wildman–Crippen MR) is 104 cm³/mol. The van der Waals surface area contributed by atoms with Crippen molar-refractivity contribution >= 4 is 22.1 Å². The van der Waals surface area contributed by atoms with Crippen molar-refractivity contribution in [3.63, 3.8) is 0 Å². The second kappa shape index (κ2) is 9.13. The van der Waals surface area contributed by atoms with Crippen LogP contribution in [-0.4, -0.2) is 31.0 Å². The van der Waals surface area contributed by atoms with Crippen molar-refractivity contribution in [3.8, 4) is 5.75 Å². The maximum atomic E-state index is 13.0. The van der Waals surface area contributed by atoms with Crippen molar-refractivity contribution in [1.29, 1.82) is 0 Å². The minimum Gasteiger partial charge on any atom is -0.481 e. The number of benzene rings is 1. The molecule has 0 amide bonds. The van der Waals surface area contributed by atoms with Gasteiger partial charge in [-0.2, -0.15) is 21.6 Å². The molecule has 0 unspecified atom stereocenters. The molecule has 1 aromatic carbocycles. The quantitative estimate of drug-likeness (QED) is 0.256. The van der Waals surface area contributed by atoms with Gasteiger partial charge in [-0.05, 0) is 44.2 Å². The fraction of sp³-hybridized carbons (Fsp3) is 0.400. The van der Waals surface area contributed by atoms with Crippen LogP contribution in [0.25, 0.3) is 0 Å². The van der Waals surface area contributed by atoms with E-state index in [0.29, 0.717) is 16.7 Å². The number of hydrogen-bond donors (Lipinski definition) is 1. The van der Waals surface area contributed by atoms with Crippen LogP contribution in [0.15, 0.2) is 24.3 Å². The molecule has 7 nitrogen and oxygen atoms in total. The number of rotatable bonds is 9. The van der Waals surface area contributed by atoms with Crippen LogP contribution >= 0.6 is 0 Å². The van der Waals surface area contributed by atoms with Crippen molar-refractivity contribution in [1.82, 2.24) is 0 Å². The largest absolute Gasteiger partial charge is 0.534 e. The van der Waals surface area contributed by atoms with E-state index in [1.807, 2.05) is 0 Å². The Morgan fingerprint density at radius 3 is 2.45 bits per heavy atom. The maximum Gasteiger partial charge on any atom is 0.534 e. The maximum absolute atomic E-state index is 13.0. The van der Waals surface area contributed by atoms with E-state index in [4.69, 9.17) is 9.84 Å². The van der Waals surface area contributed by atoms with Crippen LogP contribution in [0.1, 0.15) is 52.4 Å². The Labute approximate surface area is 177 Å². The number of ether oxygens (including phenoxy) is 1. The Balaban J connectivity index is 2.70. The molecule has 0 atom stereocenters. The monoisotopic (exact) mass is 462 g/mol. The summed E-state index contributed by atoms with van der Waals surface area (Å²) in [7, 11) is -6.05. The third kappa shape index (κ3) is 5.27. The molecule has 0 aliphatic carbocycles. The van der Waals surface area contributed by atoms with E-state index in [0.717, 1.165) is 0 Å². The molecule has 0 spiro atoms. The molecule has 31 heavy (non-hydrogen) atoms. The fourth-order valence-corrected chi connectivity index (χ4v) is 3.69. The van der Waals surface area contributed by atoms with Gasteiger partial charge >= 0.3 is 27.6 Å². The number of cyclic esters (lactones) is 1. The number of alkyl halides is 3. The second-order valence-electron chi connectivity index (χ2n) is 6.97. The second-order valence-corrected chi connectivity index (χ2v) is 8.50. The average Bonchev–Trinajstić information content (AvgIpc) is 3.04. The van der Waals surface area contributed by atoms with Gasteiger partial charge in [0.25, 0.3) is 0 Å². The first-order valence-electron chi connectivity index (χ1n) is 9.13. The number of halogens is 3. The van der Waals surface area contributed by atoms with E-state index in [-0.39, 0.29) is 49.0 Å². The number of esters is 1. The number of fused-ring (bicyclic) bond motifs is 1. The molecule has 170 valence electrons. The van der Waals surface area contributed by atoms with E-state index >= 15 is 0 Å². The van der Waals surface area contributed by atoms with Gasteiger partial charge in [0.2, 0.25) is 0 Å². The number of hydrogen-bond acceptors (Lipinski definition) is 6. The highest BCUT2D eigenvalue weighted by atomic mass is 32.2. The number of carboxylic acid groups (broad SMARTS) is 1. The fourth-order valence-electron chi connectivity index (χ4n) is 3.20. The summed E-state index contributed by atoms with van der Waals surface area (Å²) in [5.41, 5.74) is -4.09. The van der Waals surface area contributed by atoms with Crippen LogP contribution in [-0.2, 0) is 39.1 Å². The summed E-state index contributed by atoms with van der Waals surface area (Å²) < 4.78 is 71.9. The Morgan fingerprint density at radius 1 is 1.26 bits per heavy atom. The SMILES string of the molecule is C=CCc1c(C)c2c(c(OS(=O)(=O)C(F)(F)F)c1C/C=C(\C)CCC(=O)O)C(=O)OC2. The highest BCUT2D eigenvalue weighted by molar-refractivity contribution is 7.88. The average molecular weight is 462 g/mol. The highest BCUT2D eigenvalue weighted by Gasteiger charge is 2.50. The lowest BCUT2D eigenvalue weighted by molar-refractivity contribution is -0.136. The highest BCUT2D eigenvalue weighted by Crippen LogP contribution is 2.41. The van der Waals surface area contributed by atoms with Gasteiger partial charge in [-0.15, -0.1) is 6.58 Å². The predicted octanol–water partition coefficient (Wildman–Crippen LogP) is 3.98. The zero-order valence-electron chi connectivity index (χ0n) is 16.8. The molecule has 1 N–H and O–H groups in total. The molecule has 0 aromatic heterocycles. The molecule has 0 radical (unpaired) electrons. The van der Waals surface area contributed by atoms with Gasteiger partial charge in [-0.25, -0.2) is 4.79 Å². The number of carboxylic acids is 1. The van der Waals surface area contributed by atoms with Gasteiger partial charge in [0, 0.05) is 17.5 Å². The summed E-state index contributed by atoms with van der Waals surface area (Å²) in [6.07, 6.45) is 3.17. The molecule has 1 aliphatic heterocycles. The number of allylic oxidation sites excluding steroid dienone is 3. The van der Waals surface area contributed by atoms with Gasteiger partial charge in [0.15, 0.2) is 5.75 Å². The number of aliphatic carboxylic acids is 1. The topological polar surface area (TPSA) is 107 Å². The van der Waals surface area contributed by atoms with Gasteiger partial charge in [0.05, 0.1) is 0 Å². The smallest absolute Gasteiger partial charge is 0.481 e. The normalized spacial score (nSPS) is 14.2. The van der Waals surface area contributed by atoms with Crippen molar-refractivity contribution in [3.05, 3.63) is 52.1 Å². The van der Waals surface area contributed by atoms with Gasteiger partial charge in [-0.1, -0.05) is 17.7 Å². The summed E-state index contributed by atoms with van der Waals surface area (Å²) in [5, 5.41) is 8.80. The van der Waals surface area contributed by atoms with Gasteiger partial charge in [-0.3, -0.25) is 4.79 Å². The first-order valence-corrected chi connectivity index (χ1v) is 10.5. The molecule has 0 saturated heterocycles. The van der Waals surface area contributed by atoms with E-state index in [2.05, 4.69) is 10.8 Å². The molecule has 1 aromatic rings. The summed E-state index contributed by atoms with van der Waals surface area (Å²) in [6, 6.07) is 0. The molecule has 0 bridgehead atoms. The van der Waals surface area contributed by atoms with Crippen molar-refractivity contribution in [2.24, 2.45) is 0 Å². The lowest BCUT2D eigenvalue weighted by atomic mass is 9.88. The summed E-state index contributed by atoms with van der Waals surface area (Å²) in [5.74, 6) is -2.72. The van der Waals surface area contributed by atoms with Crippen LogP contribution in [0.2, 0.25) is 0 Å². The zero-order chi connectivity index (χ0) is 23.6. The molecule has 11 heteroatoms. The Morgan fingerprint density at radius 2 is 1.90 bits per heavy atom. The van der Waals surface area contributed by atoms with Gasteiger partial charge < -0.3 is 14.0 Å². The zero-order valence-corrected chi connectivity index (χ0v) is 17.7. The molecule has 2 rings (SSSR count). The minimum atomic E-state index is -6.05. The third-order valence-electron chi connectivity index (χ3n) is 4.84. The first-order chi connectivity index (χ1) is 14.3. The van der Waals surface area contributed by atoms with Crippen molar-refractivity contribution < 1.29 is 45.2 Å². The lowest BCUT2D eigenvalue weighted by Crippen LogP contribution is -2.29. The number of carbonyl (C=O) groups excluding carboxylic acids is 1. The summed E-state index contributed by atoms with van der Waals surface area (Å²) in [4.78, 5) is 23.0. The Kier molecular flexibility index (Phi) is 7.20. The van der Waals surface area contributed by atoms with Crippen LogP contribution in [0.4, 0.5) is 13.2 Å². The van der Waals surface area contributed by atoms with E-state index in [1.54, 1.807) is 19.9 Å². The van der Waals surface area contributed by atoms with E-state index in [1.165, 1.54) is 6.08 Å². The van der Waals surface area contributed by atoms with Crippen LogP contribution in [0.3, 0.4) is 0 Å². The van der Waals surface area contributed by atoms with Crippen molar-refractivity contribution in [2.75, 3.05) is 0 Å². The van der Waals surface area contributed by atoms with Crippen LogP contribution in [0, 0.1) is 6.92 Å².